The van der Waals surface area contributed by atoms with Gasteiger partial charge in [-0.2, -0.15) is 4.39 Å². The highest BCUT2D eigenvalue weighted by molar-refractivity contribution is 5.96. The van der Waals surface area contributed by atoms with E-state index in [1.165, 1.54) is 25.4 Å². The smallest absolute Gasteiger partial charge is 0.410 e. The van der Waals surface area contributed by atoms with Gasteiger partial charge in [0.05, 0.1) is 19.0 Å². The van der Waals surface area contributed by atoms with Gasteiger partial charge in [-0.25, -0.2) is 19.2 Å². The van der Waals surface area contributed by atoms with E-state index in [9.17, 15) is 18.4 Å². The summed E-state index contributed by atoms with van der Waals surface area (Å²) in [5.41, 5.74) is 2.41. The number of carbonyl (C=O) groups excluding carboxylic acids is 2. The standard InChI is InChI=1S/C33H38F2N6O4/c1-6-21-17-22(7-8-23(21)31(42)38-18-20-11-14-40(15-12-20)32(43)45-33(2,3)4)39-29-30-37-19-25(41(30)16-13-36-29)24-9-10-26(44-5)28(35)27(24)34/h7-10,13,16-17,19-20H,6,11-12,14-15,18H2,1-5H3,(H,36,39)(H,38,42). The molecule has 1 saturated heterocycles. The largest absolute Gasteiger partial charge is 0.494 e. The number of hydrogen-bond donors (Lipinski definition) is 2. The molecule has 0 aliphatic carbocycles. The Bertz CT molecular complexity index is 1710. The van der Waals surface area contributed by atoms with E-state index in [2.05, 4.69) is 20.6 Å². The van der Waals surface area contributed by atoms with Crippen molar-refractivity contribution in [1.29, 1.82) is 0 Å². The monoisotopic (exact) mass is 620 g/mol. The number of halogens is 2. The van der Waals surface area contributed by atoms with Crippen molar-refractivity contribution in [1.82, 2.24) is 24.6 Å². The molecule has 0 spiro atoms. The van der Waals surface area contributed by atoms with E-state index in [0.29, 0.717) is 54.5 Å². The third-order valence-electron chi connectivity index (χ3n) is 7.78. The molecule has 2 N–H and O–H groups in total. The number of aryl methyl sites for hydroxylation is 1. The van der Waals surface area contributed by atoms with Crippen molar-refractivity contribution < 1.29 is 27.8 Å². The van der Waals surface area contributed by atoms with Crippen molar-refractivity contribution in [3.05, 3.63) is 71.7 Å². The maximum Gasteiger partial charge on any atom is 0.410 e. The number of nitrogens with one attached hydrogen (secondary N) is 2. The molecule has 0 unspecified atom stereocenters. The second-order valence-corrected chi connectivity index (χ2v) is 12.0. The van der Waals surface area contributed by atoms with Crippen LogP contribution in [0.2, 0.25) is 0 Å². The third-order valence-corrected chi connectivity index (χ3v) is 7.78. The van der Waals surface area contributed by atoms with Gasteiger partial charge in [0.25, 0.3) is 5.91 Å². The molecule has 2 aromatic carbocycles. The molecule has 2 amide bonds. The van der Waals surface area contributed by atoms with Crippen LogP contribution in [0.5, 0.6) is 5.75 Å². The van der Waals surface area contributed by atoms with E-state index in [1.807, 2.05) is 33.8 Å². The van der Waals surface area contributed by atoms with Crippen LogP contribution in [0, 0.1) is 17.6 Å². The van der Waals surface area contributed by atoms with Gasteiger partial charge in [0.15, 0.2) is 23.0 Å². The van der Waals surface area contributed by atoms with E-state index in [1.54, 1.807) is 33.8 Å². The molecular weight excluding hydrogens is 582 g/mol. The molecule has 0 saturated carbocycles. The molecule has 3 heterocycles. The number of benzene rings is 2. The molecule has 2 aromatic heterocycles. The Balaban J connectivity index is 1.25. The van der Waals surface area contributed by atoms with Crippen LogP contribution in [0.1, 0.15) is 56.5 Å². The van der Waals surface area contributed by atoms with E-state index < -0.39 is 17.2 Å². The number of nitrogens with zero attached hydrogens (tertiary/aromatic N) is 4. The Morgan fingerprint density at radius 3 is 2.51 bits per heavy atom. The van der Waals surface area contributed by atoms with Gasteiger partial charge in [-0.3, -0.25) is 9.20 Å². The zero-order valence-electron chi connectivity index (χ0n) is 26.1. The lowest BCUT2D eigenvalue weighted by molar-refractivity contribution is 0.0183. The number of anilines is 2. The van der Waals surface area contributed by atoms with E-state index in [4.69, 9.17) is 9.47 Å². The number of piperidine rings is 1. The van der Waals surface area contributed by atoms with Crippen molar-refractivity contribution in [2.75, 3.05) is 32.1 Å². The lowest BCUT2D eigenvalue weighted by Gasteiger charge is -2.33. The molecule has 45 heavy (non-hydrogen) atoms. The highest BCUT2D eigenvalue weighted by Gasteiger charge is 2.27. The van der Waals surface area contributed by atoms with Crippen LogP contribution in [0.15, 0.2) is 48.9 Å². The number of rotatable bonds is 8. The molecule has 12 heteroatoms. The number of amides is 2. The van der Waals surface area contributed by atoms with Crippen molar-refractivity contribution in [3.63, 3.8) is 0 Å². The first kappa shape index (κ1) is 31.7. The quantitative estimate of drug-likeness (QED) is 0.236. The van der Waals surface area contributed by atoms with Crippen LogP contribution < -0.4 is 15.4 Å². The van der Waals surface area contributed by atoms with Gasteiger partial charge in [0.2, 0.25) is 5.82 Å². The lowest BCUT2D eigenvalue weighted by atomic mass is 9.96. The number of likely N-dealkylation sites (tertiary alicyclic amines) is 1. The number of fused-ring (bicyclic) bond motifs is 1. The van der Waals surface area contributed by atoms with Crippen molar-refractivity contribution >= 4 is 29.2 Å². The Morgan fingerprint density at radius 2 is 1.82 bits per heavy atom. The Hall–Kier alpha value is -4.74. The van der Waals surface area contributed by atoms with Gasteiger partial charge >= 0.3 is 6.09 Å². The Labute approximate surface area is 260 Å². The van der Waals surface area contributed by atoms with Crippen molar-refractivity contribution in [2.45, 2.75) is 52.6 Å². The highest BCUT2D eigenvalue weighted by Crippen LogP contribution is 2.32. The van der Waals surface area contributed by atoms with Crippen LogP contribution in [0.4, 0.5) is 25.1 Å². The molecule has 1 fully saturated rings. The summed E-state index contributed by atoms with van der Waals surface area (Å²) < 4.78 is 41.2. The molecule has 0 bridgehead atoms. The van der Waals surface area contributed by atoms with Crippen LogP contribution in [0.3, 0.4) is 0 Å². The van der Waals surface area contributed by atoms with Crippen LogP contribution in [0.25, 0.3) is 16.9 Å². The molecule has 1 aliphatic rings. The SMILES string of the molecule is CCc1cc(Nc2nccn3c(-c4ccc(OC)c(F)c4F)cnc23)ccc1C(=O)NCC1CCN(C(=O)OC(C)(C)C)CC1. The average Bonchev–Trinajstić information content (AvgIpc) is 3.45. The summed E-state index contributed by atoms with van der Waals surface area (Å²) in [6.07, 6.45) is 6.52. The second kappa shape index (κ2) is 13.1. The van der Waals surface area contributed by atoms with Gasteiger partial charge in [-0.15, -0.1) is 0 Å². The van der Waals surface area contributed by atoms with Crippen molar-refractivity contribution in [2.24, 2.45) is 5.92 Å². The van der Waals surface area contributed by atoms with E-state index in [-0.39, 0.29) is 29.2 Å². The number of methoxy groups -OCH3 is 1. The number of ether oxygens (including phenoxy) is 2. The minimum absolute atomic E-state index is 0.0372. The molecule has 0 atom stereocenters. The predicted molar refractivity (Wildman–Crippen MR) is 167 cm³/mol. The summed E-state index contributed by atoms with van der Waals surface area (Å²) in [6.45, 7) is 9.25. The first-order chi connectivity index (χ1) is 21.5. The van der Waals surface area contributed by atoms with Crippen molar-refractivity contribution in [3.8, 4) is 17.0 Å². The summed E-state index contributed by atoms with van der Waals surface area (Å²) in [5, 5.41) is 6.32. The minimum atomic E-state index is -1.07. The normalized spacial score (nSPS) is 14.0. The molecule has 4 aromatic rings. The van der Waals surface area contributed by atoms with Gasteiger partial charge in [-0.1, -0.05) is 6.92 Å². The van der Waals surface area contributed by atoms with Crippen LogP contribution >= 0.6 is 0 Å². The summed E-state index contributed by atoms with van der Waals surface area (Å²) in [6, 6.07) is 8.27. The molecule has 5 rings (SSSR count). The van der Waals surface area contributed by atoms with Gasteiger partial charge in [-0.05, 0) is 81.8 Å². The molecule has 238 valence electrons. The number of hydrogen-bond acceptors (Lipinski definition) is 7. The van der Waals surface area contributed by atoms with Crippen LogP contribution in [-0.4, -0.2) is 63.6 Å². The fourth-order valence-electron chi connectivity index (χ4n) is 5.39. The number of aromatic nitrogens is 3. The molecular formula is C33H38F2N6O4. The maximum atomic E-state index is 14.8. The molecule has 1 aliphatic heterocycles. The molecule has 0 radical (unpaired) electrons. The van der Waals surface area contributed by atoms with E-state index >= 15 is 0 Å². The molecule has 10 nitrogen and oxygen atoms in total. The van der Waals surface area contributed by atoms with Gasteiger partial charge in [0.1, 0.15) is 5.60 Å². The maximum absolute atomic E-state index is 14.8. The first-order valence-corrected chi connectivity index (χ1v) is 15.0. The van der Waals surface area contributed by atoms with Crippen LogP contribution in [-0.2, 0) is 11.2 Å². The third kappa shape index (κ3) is 7.00. The summed E-state index contributed by atoms with van der Waals surface area (Å²) in [7, 11) is 1.28. The summed E-state index contributed by atoms with van der Waals surface area (Å²) >= 11 is 0. The highest BCUT2D eigenvalue weighted by atomic mass is 19.2. The Morgan fingerprint density at radius 1 is 1.07 bits per heavy atom. The number of imidazole rings is 1. The topological polar surface area (TPSA) is 110 Å². The zero-order valence-corrected chi connectivity index (χ0v) is 26.1. The lowest BCUT2D eigenvalue weighted by Crippen LogP contribution is -2.43. The fraction of sp³-hybridized carbons (Fsp3) is 0.394. The van der Waals surface area contributed by atoms with Gasteiger partial charge < -0.3 is 25.0 Å². The predicted octanol–water partition coefficient (Wildman–Crippen LogP) is 6.37. The Kier molecular flexibility index (Phi) is 9.21. The second-order valence-electron chi connectivity index (χ2n) is 12.0. The summed E-state index contributed by atoms with van der Waals surface area (Å²) in [4.78, 5) is 36.1. The minimum Gasteiger partial charge on any atom is -0.494 e. The fourth-order valence-corrected chi connectivity index (χ4v) is 5.39. The number of carbonyl (C=O) groups is 2. The van der Waals surface area contributed by atoms with E-state index in [0.717, 1.165) is 18.4 Å². The summed E-state index contributed by atoms with van der Waals surface area (Å²) in [5.74, 6) is -1.76. The average molecular weight is 621 g/mol. The zero-order chi connectivity index (χ0) is 32.3. The van der Waals surface area contributed by atoms with Gasteiger partial charge in [0, 0.05) is 48.8 Å². The first-order valence-electron chi connectivity index (χ1n) is 15.0.